The van der Waals surface area contributed by atoms with E-state index < -0.39 is 9.80 Å². The van der Waals surface area contributed by atoms with Gasteiger partial charge in [-0.05, 0) is 26.0 Å². The SMILES string of the molecule is CC(C)(Cl)CNC(=O)c1ccc([N+](=O)[O-])cc1. The fourth-order valence-corrected chi connectivity index (χ4v) is 1.19. The molecule has 92 valence electrons. The molecule has 0 atom stereocenters. The van der Waals surface area contributed by atoms with Crippen LogP contribution < -0.4 is 5.32 Å². The smallest absolute Gasteiger partial charge is 0.269 e. The molecule has 0 unspecified atom stereocenters. The number of benzene rings is 1. The number of nitrogens with zero attached hydrogens (tertiary/aromatic N) is 1. The highest BCUT2D eigenvalue weighted by Gasteiger charge is 2.15. The number of non-ortho nitro benzene ring substituents is 1. The van der Waals surface area contributed by atoms with Crippen molar-refractivity contribution in [1.29, 1.82) is 0 Å². The summed E-state index contributed by atoms with van der Waals surface area (Å²) in [5.41, 5.74) is 0.329. The highest BCUT2D eigenvalue weighted by Crippen LogP contribution is 2.13. The van der Waals surface area contributed by atoms with Crippen LogP contribution in [0.15, 0.2) is 24.3 Å². The van der Waals surface area contributed by atoms with Crippen LogP contribution in [0.25, 0.3) is 0 Å². The third kappa shape index (κ3) is 4.40. The molecule has 0 aliphatic heterocycles. The maximum Gasteiger partial charge on any atom is 0.269 e. The molecule has 0 aliphatic rings. The zero-order valence-electron chi connectivity index (χ0n) is 9.57. The molecule has 0 bridgehead atoms. The summed E-state index contributed by atoms with van der Waals surface area (Å²) < 4.78 is 0. The summed E-state index contributed by atoms with van der Waals surface area (Å²) in [4.78, 5) is 21.0. The molecule has 0 aromatic heterocycles. The highest BCUT2D eigenvalue weighted by molar-refractivity contribution is 6.23. The molecule has 17 heavy (non-hydrogen) atoms. The highest BCUT2D eigenvalue weighted by atomic mass is 35.5. The minimum atomic E-state index is -0.517. The van der Waals surface area contributed by atoms with Crippen LogP contribution in [0.2, 0.25) is 0 Å². The zero-order chi connectivity index (χ0) is 13.1. The van der Waals surface area contributed by atoms with Crippen molar-refractivity contribution in [2.45, 2.75) is 18.7 Å². The Hall–Kier alpha value is -1.62. The van der Waals surface area contributed by atoms with Gasteiger partial charge in [0.15, 0.2) is 0 Å². The van der Waals surface area contributed by atoms with Gasteiger partial charge in [-0.3, -0.25) is 14.9 Å². The maximum atomic E-state index is 11.6. The molecule has 0 aliphatic carbocycles. The molecule has 0 radical (unpaired) electrons. The molecule has 0 heterocycles. The van der Waals surface area contributed by atoms with E-state index in [0.717, 1.165) is 0 Å². The van der Waals surface area contributed by atoms with Crippen LogP contribution in [-0.2, 0) is 0 Å². The largest absolute Gasteiger partial charge is 0.350 e. The second-order valence-electron chi connectivity index (χ2n) is 4.21. The molecule has 1 amide bonds. The van der Waals surface area contributed by atoms with Gasteiger partial charge in [-0.1, -0.05) is 0 Å². The van der Waals surface area contributed by atoms with E-state index in [2.05, 4.69) is 5.32 Å². The van der Waals surface area contributed by atoms with Crippen LogP contribution >= 0.6 is 11.6 Å². The van der Waals surface area contributed by atoms with E-state index in [4.69, 9.17) is 11.6 Å². The molecule has 1 aromatic carbocycles. The topological polar surface area (TPSA) is 72.2 Å². The predicted molar refractivity (Wildman–Crippen MR) is 65.4 cm³/mol. The van der Waals surface area contributed by atoms with Gasteiger partial charge < -0.3 is 5.32 Å². The maximum absolute atomic E-state index is 11.6. The molecular weight excluding hydrogens is 244 g/mol. The van der Waals surface area contributed by atoms with Crippen LogP contribution in [0, 0.1) is 10.1 Å². The number of nitrogens with one attached hydrogen (secondary N) is 1. The summed E-state index contributed by atoms with van der Waals surface area (Å²) in [6, 6.07) is 5.41. The lowest BCUT2D eigenvalue weighted by atomic mass is 10.1. The van der Waals surface area contributed by atoms with Crippen LogP contribution in [0.4, 0.5) is 5.69 Å². The third-order valence-corrected chi connectivity index (χ3v) is 2.14. The number of nitro benzene ring substituents is 1. The molecule has 0 fully saturated rings. The van der Waals surface area contributed by atoms with E-state index in [9.17, 15) is 14.9 Å². The van der Waals surface area contributed by atoms with Crippen LogP contribution in [0.1, 0.15) is 24.2 Å². The number of hydrogen-bond donors (Lipinski definition) is 1. The van der Waals surface area contributed by atoms with Gasteiger partial charge in [0.05, 0.1) is 9.80 Å². The lowest BCUT2D eigenvalue weighted by molar-refractivity contribution is -0.384. The second kappa shape index (κ2) is 5.14. The first kappa shape index (κ1) is 13.4. The minimum absolute atomic E-state index is 0.0424. The van der Waals surface area contributed by atoms with Crippen molar-refractivity contribution < 1.29 is 9.72 Å². The number of amides is 1. The third-order valence-electron chi connectivity index (χ3n) is 2.01. The van der Waals surface area contributed by atoms with Gasteiger partial charge in [-0.2, -0.15) is 0 Å². The number of nitro groups is 1. The number of hydrogen-bond acceptors (Lipinski definition) is 3. The summed E-state index contributed by atoms with van der Waals surface area (Å²) >= 11 is 5.93. The van der Waals surface area contributed by atoms with Crippen molar-refractivity contribution in [1.82, 2.24) is 5.32 Å². The fourth-order valence-electron chi connectivity index (χ4n) is 1.13. The van der Waals surface area contributed by atoms with Crippen LogP contribution in [0.3, 0.4) is 0 Å². The van der Waals surface area contributed by atoms with E-state index in [1.807, 2.05) is 0 Å². The molecule has 0 saturated heterocycles. The minimum Gasteiger partial charge on any atom is -0.350 e. The molecule has 5 nitrogen and oxygen atoms in total. The van der Waals surface area contributed by atoms with Gasteiger partial charge in [0.1, 0.15) is 0 Å². The number of carbonyl (C=O) groups excluding carboxylic acids is 1. The molecule has 1 rings (SSSR count). The van der Waals surface area contributed by atoms with E-state index in [1.165, 1.54) is 24.3 Å². The van der Waals surface area contributed by atoms with Gasteiger partial charge in [0.2, 0.25) is 0 Å². The Balaban J connectivity index is 2.67. The fraction of sp³-hybridized carbons (Fsp3) is 0.364. The Bertz CT molecular complexity index is 423. The van der Waals surface area contributed by atoms with Crippen molar-refractivity contribution in [3.8, 4) is 0 Å². The van der Waals surface area contributed by atoms with Gasteiger partial charge in [-0.25, -0.2) is 0 Å². The summed E-state index contributed by atoms with van der Waals surface area (Å²) in [6.07, 6.45) is 0. The Kier molecular flexibility index (Phi) is 4.07. The summed E-state index contributed by atoms with van der Waals surface area (Å²) in [7, 11) is 0. The first-order chi connectivity index (χ1) is 7.79. The number of halogens is 1. The molecule has 6 heteroatoms. The summed E-state index contributed by atoms with van der Waals surface area (Å²) in [5.74, 6) is -0.298. The van der Waals surface area contributed by atoms with Crippen molar-refractivity contribution in [2.75, 3.05) is 6.54 Å². The number of alkyl halides is 1. The van der Waals surface area contributed by atoms with Crippen LogP contribution in [0.5, 0.6) is 0 Å². The monoisotopic (exact) mass is 256 g/mol. The number of carbonyl (C=O) groups is 1. The van der Waals surface area contributed by atoms with E-state index in [1.54, 1.807) is 13.8 Å². The van der Waals surface area contributed by atoms with Gasteiger partial charge in [0, 0.05) is 24.2 Å². The van der Waals surface area contributed by atoms with Crippen molar-refractivity contribution >= 4 is 23.2 Å². The van der Waals surface area contributed by atoms with E-state index in [0.29, 0.717) is 12.1 Å². The average molecular weight is 257 g/mol. The van der Waals surface area contributed by atoms with Crippen molar-refractivity contribution in [3.63, 3.8) is 0 Å². The zero-order valence-corrected chi connectivity index (χ0v) is 10.3. The van der Waals surface area contributed by atoms with Crippen LogP contribution in [-0.4, -0.2) is 22.2 Å². The Morgan fingerprint density at radius 1 is 1.41 bits per heavy atom. The molecular formula is C11H13ClN2O3. The Morgan fingerprint density at radius 2 is 1.94 bits per heavy atom. The summed E-state index contributed by atoms with van der Waals surface area (Å²) in [6.45, 7) is 3.89. The van der Waals surface area contributed by atoms with Crippen molar-refractivity contribution in [2.24, 2.45) is 0 Å². The average Bonchev–Trinajstić information content (AvgIpc) is 2.25. The van der Waals surface area contributed by atoms with E-state index >= 15 is 0 Å². The van der Waals surface area contributed by atoms with Gasteiger partial charge in [-0.15, -0.1) is 11.6 Å². The standard InChI is InChI=1S/C11H13ClN2O3/c1-11(2,12)7-13-10(15)8-3-5-9(6-4-8)14(16)17/h3-6H,7H2,1-2H3,(H,13,15). The first-order valence-electron chi connectivity index (χ1n) is 5.01. The first-order valence-corrected chi connectivity index (χ1v) is 5.39. The normalized spacial score (nSPS) is 11.0. The Labute approximate surface area is 104 Å². The molecule has 0 spiro atoms. The predicted octanol–water partition coefficient (Wildman–Crippen LogP) is 2.34. The molecule has 1 N–H and O–H groups in total. The number of rotatable bonds is 4. The summed E-state index contributed by atoms with van der Waals surface area (Å²) in [5, 5.41) is 13.1. The Morgan fingerprint density at radius 3 is 2.35 bits per heavy atom. The van der Waals surface area contributed by atoms with Gasteiger partial charge in [0.25, 0.3) is 11.6 Å². The lowest BCUT2D eigenvalue weighted by Crippen LogP contribution is -2.34. The molecule has 1 aromatic rings. The van der Waals surface area contributed by atoms with Crippen molar-refractivity contribution in [3.05, 3.63) is 39.9 Å². The van der Waals surface area contributed by atoms with Gasteiger partial charge >= 0.3 is 0 Å². The lowest BCUT2D eigenvalue weighted by Gasteiger charge is -2.16. The molecule has 0 saturated carbocycles. The quantitative estimate of drug-likeness (QED) is 0.511. The second-order valence-corrected chi connectivity index (χ2v) is 5.23. The van der Waals surface area contributed by atoms with E-state index in [-0.39, 0.29) is 11.6 Å².